The highest BCUT2D eigenvalue weighted by molar-refractivity contribution is 5.94. The number of carbonyl (C=O) groups is 1. The second-order valence-corrected chi connectivity index (χ2v) is 7.39. The van der Waals surface area contributed by atoms with Gasteiger partial charge in [-0.25, -0.2) is 0 Å². The van der Waals surface area contributed by atoms with Gasteiger partial charge in [0.1, 0.15) is 0 Å². The van der Waals surface area contributed by atoms with Gasteiger partial charge in [0.2, 0.25) is 5.91 Å². The number of anilines is 2. The van der Waals surface area contributed by atoms with Gasteiger partial charge in [-0.15, -0.1) is 0 Å². The molecule has 1 amide bonds. The van der Waals surface area contributed by atoms with Crippen molar-refractivity contribution in [3.63, 3.8) is 0 Å². The van der Waals surface area contributed by atoms with Crippen LogP contribution in [0.3, 0.4) is 0 Å². The largest absolute Gasteiger partial charge is 0.378 e. The lowest BCUT2D eigenvalue weighted by molar-refractivity contribution is -0.118. The van der Waals surface area contributed by atoms with E-state index in [0.717, 1.165) is 32.0 Å². The first-order chi connectivity index (χ1) is 12.1. The smallest absolute Gasteiger partial charge is 0.241 e. The van der Waals surface area contributed by atoms with Crippen molar-refractivity contribution in [1.29, 1.82) is 0 Å². The molecule has 1 saturated carbocycles. The van der Waals surface area contributed by atoms with E-state index in [-0.39, 0.29) is 11.9 Å². The summed E-state index contributed by atoms with van der Waals surface area (Å²) in [7, 11) is 0. The molecule has 3 atom stereocenters. The van der Waals surface area contributed by atoms with Gasteiger partial charge in [-0.2, -0.15) is 0 Å². The van der Waals surface area contributed by atoms with Crippen LogP contribution in [0.15, 0.2) is 24.3 Å². The molecule has 2 aliphatic rings. The topological polar surface area (TPSA) is 53.6 Å². The SMILES string of the molecule is C[C@H](N[C@H]1CCCC[C@H]1C)C(=O)Nc1ccc(N2CCOCC2)cc1. The van der Waals surface area contributed by atoms with Crippen LogP contribution in [-0.2, 0) is 9.53 Å². The molecule has 5 nitrogen and oxygen atoms in total. The van der Waals surface area contributed by atoms with Gasteiger partial charge in [-0.05, 0) is 49.9 Å². The van der Waals surface area contributed by atoms with Gasteiger partial charge < -0.3 is 20.3 Å². The van der Waals surface area contributed by atoms with E-state index in [1.807, 2.05) is 19.1 Å². The van der Waals surface area contributed by atoms with E-state index in [0.29, 0.717) is 12.0 Å². The van der Waals surface area contributed by atoms with Crippen molar-refractivity contribution in [2.24, 2.45) is 5.92 Å². The number of carbonyl (C=O) groups excluding carboxylic acids is 1. The van der Waals surface area contributed by atoms with Crippen LogP contribution in [0.2, 0.25) is 0 Å². The number of benzene rings is 1. The summed E-state index contributed by atoms with van der Waals surface area (Å²) in [5, 5.41) is 6.55. The third kappa shape index (κ3) is 4.95. The Morgan fingerprint density at radius 3 is 2.52 bits per heavy atom. The molecule has 1 saturated heterocycles. The summed E-state index contributed by atoms with van der Waals surface area (Å²) in [6.45, 7) is 7.64. The molecular weight excluding hydrogens is 314 g/mol. The number of rotatable bonds is 5. The Bertz CT molecular complexity index is 555. The van der Waals surface area contributed by atoms with E-state index < -0.39 is 0 Å². The van der Waals surface area contributed by atoms with Crippen LogP contribution in [0.5, 0.6) is 0 Å². The number of nitrogens with zero attached hydrogens (tertiary/aromatic N) is 1. The molecule has 0 bridgehead atoms. The fourth-order valence-electron chi connectivity index (χ4n) is 3.79. The molecule has 1 aromatic carbocycles. The van der Waals surface area contributed by atoms with Gasteiger partial charge in [0.05, 0.1) is 19.3 Å². The van der Waals surface area contributed by atoms with Crippen molar-refractivity contribution < 1.29 is 9.53 Å². The minimum atomic E-state index is -0.176. The summed E-state index contributed by atoms with van der Waals surface area (Å²) in [5.41, 5.74) is 2.04. The van der Waals surface area contributed by atoms with Crippen molar-refractivity contribution in [3.05, 3.63) is 24.3 Å². The normalized spacial score (nSPS) is 25.4. The van der Waals surface area contributed by atoms with Crippen LogP contribution in [-0.4, -0.2) is 44.3 Å². The van der Waals surface area contributed by atoms with Gasteiger partial charge in [-0.1, -0.05) is 19.8 Å². The predicted molar refractivity (Wildman–Crippen MR) is 102 cm³/mol. The number of ether oxygens (including phenoxy) is 1. The van der Waals surface area contributed by atoms with Gasteiger partial charge >= 0.3 is 0 Å². The third-order valence-electron chi connectivity index (χ3n) is 5.48. The average molecular weight is 345 g/mol. The third-order valence-corrected chi connectivity index (χ3v) is 5.48. The van der Waals surface area contributed by atoms with Crippen molar-refractivity contribution in [3.8, 4) is 0 Å². The molecule has 3 rings (SSSR count). The lowest BCUT2D eigenvalue weighted by Gasteiger charge is -2.31. The molecule has 2 N–H and O–H groups in total. The summed E-state index contributed by atoms with van der Waals surface area (Å²) in [4.78, 5) is 14.8. The average Bonchev–Trinajstić information content (AvgIpc) is 2.65. The quantitative estimate of drug-likeness (QED) is 0.861. The number of nitrogens with one attached hydrogen (secondary N) is 2. The zero-order valence-electron chi connectivity index (χ0n) is 15.5. The van der Waals surface area contributed by atoms with Crippen molar-refractivity contribution in [1.82, 2.24) is 5.32 Å². The minimum Gasteiger partial charge on any atom is -0.378 e. The van der Waals surface area contributed by atoms with Crippen LogP contribution in [0.4, 0.5) is 11.4 Å². The Morgan fingerprint density at radius 2 is 1.84 bits per heavy atom. The molecule has 0 unspecified atom stereocenters. The van der Waals surface area contributed by atoms with Crippen LogP contribution in [0.25, 0.3) is 0 Å². The molecule has 0 radical (unpaired) electrons. The fourth-order valence-corrected chi connectivity index (χ4v) is 3.79. The van der Waals surface area contributed by atoms with Crippen molar-refractivity contribution in [2.75, 3.05) is 36.5 Å². The van der Waals surface area contributed by atoms with E-state index in [4.69, 9.17) is 4.74 Å². The molecule has 1 aromatic rings. The number of amides is 1. The van der Waals surface area contributed by atoms with Gasteiger partial charge in [0.15, 0.2) is 0 Å². The molecular formula is C20H31N3O2. The van der Waals surface area contributed by atoms with Crippen LogP contribution < -0.4 is 15.5 Å². The zero-order valence-corrected chi connectivity index (χ0v) is 15.5. The van der Waals surface area contributed by atoms with Gasteiger partial charge in [0.25, 0.3) is 0 Å². The second kappa shape index (κ2) is 8.68. The first-order valence-corrected chi connectivity index (χ1v) is 9.63. The molecule has 138 valence electrons. The maximum absolute atomic E-state index is 12.5. The fraction of sp³-hybridized carbons (Fsp3) is 0.650. The van der Waals surface area contributed by atoms with Crippen LogP contribution in [0.1, 0.15) is 39.5 Å². The highest BCUT2D eigenvalue weighted by Crippen LogP contribution is 2.24. The summed E-state index contributed by atoms with van der Waals surface area (Å²) in [5.74, 6) is 0.689. The Balaban J connectivity index is 1.51. The maximum Gasteiger partial charge on any atom is 0.241 e. The minimum absolute atomic E-state index is 0.0388. The lowest BCUT2D eigenvalue weighted by Crippen LogP contribution is -2.47. The zero-order chi connectivity index (χ0) is 17.6. The standard InChI is InChI=1S/C20H31N3O2/c1-15-5-3-4-6-19(15)21-16(2)20(24)22-17-7-9-18(10-8-17)23-11-13-25-14-12-23/h7-10,15-16,19,21H,3-6,11-14H2,1-2H3,(H,22,24)/t15-,16+,19+/m1/s1. The monoisotopic (exact) mass is 345 g/mol. The Labute approximate surface area is 151 Å². The molecule has 0 aromatic heterocycles. The van der Waals surface area contributed by atoms with Crippen LogP contribution in [0, 0.1) is 5.92 Å². The van der Waals surface area contributed by atoms with E-state index >= 15 is 0 Å². The number of hydrogen-bond donors (Lipinski definition) is 2. The van der Waals surface area contributed by atoms with Gasteiger partial charge in [-0.3, -0.25) is 4.79 Å². The molecule has 1 heterocycles. The van der Waals surface area contributed by atoms with Crippen molar-refractivity contribution in [2.45, 2.75) is 51.6 Å². The maximum atomic E-state index is 12.5. The predicted octanol–water partition coefficient (Wildman–Crippen LogP) is 3.02. The Kier molecular flexibility index (Phi) is 6.32. The Hall–Kier alpha value is -1.59. The molecule has 25 heavy (non-hydrogen) atoms. The molecule has 5 heteroatoms. The summed E-state index contributed by atoms with van der Waals surface area (Å²) in [6, 6.07) is 8.39. The summed E-state index contributed by atoms with van der Waals surface area (Å²) >= 11 is 0. The molecule has 2 fully saturated rings. The van der Waals surface area contributed by atoms with Gasteiger partial charge in [0, 0.05) is 30.5 Å². The van der Waals surface area contributed by atoms with E-state index in [2.05, 4.69) is 34.6 Å². The molecule has 1 aliphatic heterocycles. The van der Waals surface area contributed by atoms with Crippen molar-refractivity contribution >= 4 is 17.3 Å². The highest BCUT2D eigenvalue weighted by Gasteiger charge is 2.24. The lowest BCUT2D eigenvalue weighted by atomic mass is 9.85. The van der Waals surface area contributed by atoms with E-state index in [1.54, 1.807) is 0 Å². The molecule has 0 spiro atoms. The summed E-state index contributed by atoms with van der Waals surface area (Å²) < 4.78 is 5.39. The van der Waals surface area contributed by atoms with E-state index in [1.165, 1.54) is 31.4 Å². The van der Waals surface area contributed by atoms with Crippen LogP contribution >= 0.6 is 0 Å². The second-order valence-electron chi connectivity index (χ2n) is 7.39. The Morgan fingerprint density at radius 1 is 1.16 bits per heavy atom. The highest BCUT2D eigenvalue weighted by atomic mass is 16.5. The first kappa shape index (κ1) is 18.2. The summed E-state index contributed by atoms with van der Waals surface area (Å²) in [6.07, 6.45) is 5.01. The first-order valence-electron chi connectivity index (χ1n) is 9.63. The number of morpholine rings is 1. The molecule has 1 aliphatic carbocycles. The number of hydrogen-bond acceptors (Lipinski definition) is 4. The van der Waals surface area contributed by atoms with E-state index in [9.17, 15) is 4.79 Å².